The van der Waals surface area contributed by atoms with E-state index in [0.29, 0.717) is 5.69 Å². The molecule has 104 valence electrons. The molecular formula is C15H22N2O2. The monoisotopic (exact) mass is 262 g/mol. The average Bonchev–Trinajstić information content (AvgIpc) is 2.30. The van der Waals surface area contributed by atoms with Crippen LogP contribution in [-0.4, -0.2) is 24.2 Å². The van der Waals surface area contributed by atoms with E-state index in [1.54, 1.807) is 6.07 Å². The number of aromatic carboxylic acids is 1. The van der Waals surface area contributed by atoms with Gasteiger partial charge < -0.3 is 15.7 Å². The largest absolute Gasteiger partial charge is 0.478 e. The molecule has 0 atom stereocenters. The van der Waals surface area contributed by atoms with Gasteiger partial charge in [0.1, 0.15) is 0 Å². The number of nitrogens with zero attached hydrogens (tertiary/aromatic N) is 1. The average molecular weight is 262 g/mol. The first-order valence-electron chi connectivity index (χ1n) is 6.68. The molecule has 1 fully saturated rings. The summed E-state index contributed by atoms with van der Waals surface area (Å²) in [6, 6.07) is 3.69. The molecule has 3 N–H and O–H groups in total. The Morgan fingerprint density at radius 2 is 2.11 bits per heavy atom. The standard InChI is InChI=1S/C15H22N2O2/c1-10-7-11(8-12(13(10)16)14(18)19)17-6-4-5-15(2,3)9-17/h7-8H,4-6,9,16H2,1-3H3,(H,18,19). The number of nitrogens with two attached hydrogens (primary N) is 1. The quantitative estimate of drug-likeness (QED) is 0.804. The van der Waals surface area contributed by atoms with E-state index in [9.17, 15) is 9.90 Å². The van der Waals surface area contributed by atoms with Gasteiger partial charge >= 0.3 is 5.97 Å². The lowest BCUT2D eigenvalue weighted by atomic mass is 9.84. The Bertz CT molecular complexity index is 509. The number of rotatable bonds is 2. The predicted molar refractivity (Wildman–Crippen MR) is 77.8 cm³/mol. The highest BCUT2D eigenvalue weighted by molar-refractivity contribution is 5.95. The van der Waals surface area contributed by atoms with Crippen LogP contribution >= 0.6 is 0 Å². The van der Waals surface area contributed by atoms with E-state index in [-0.39, 0.29) is 11.0 Å². The summed E-state index contributed by atoms with van der Waals surface area (Å²) < 4.78 is 0. The summed E-state index contributed by atoms with van der Waals surface area (Å²) in [6.07, 6.45) is 2.35. The molecule has 0 amide bonds. The van der Waals surface area contributed by atoms with Gasteiger partial charge in [-0.2, -0.15) is 0 Å². The zero-order chi connectivity index (χ0) is 14.2. The van der Waals surface area contributed by atoms with Gasteiger partial charge in [-0.3, -0.25) is 0 Å². The van der Waals surface area contributed by atoms with E-state index in [2.05, 4.69) is 18.7 Å². The Kier molecular flexibility index (Phi) is 3.43. The van der Waals surface area contributed by atoms with Gasteiger partial charge in [0, 0.05) is 24.5 Å². The fraction of sp³-hybridized carbons (Fsp3) is 0.533. The molecule has 1 aromatic rings. The predicted octanol–water partition coefficient (Wildman–Crippen LogP) is 2.90. The molecule has 0 aliphatic carbocycles. The number of carbonyl (C=O) groups is 1. The van der Waals surface area contributed by atoms with Crippen molar-refractivity contribution in [2.45, 2.75) is 33.6 Å². The Balaban J connectivity index is 2.37. The second-order valence-corrected chi connectivity index (χ2v) is 6.22. The van der Waals surface area contributed by atoms with Gasteiger partial charge in [-0.05, 0) is 42.9 Å². The molecule has 0 saturated carbocycles. The maximum Gasteiger partial charge on any atom is 0.337 e. The van der Waals surface area contributed by atoms with E-state index in [1.165, 1.54) is 6.42 Å². The molecule has 19 heavy (non-hydrogen) atoms. The van der Waals surface area contributed by atoms with Crippen molar-refractivity contribution in [3.63, 3.8) is 0 Å². The number of aryl methyl sites for hydroxylation is 1. The van der Waals surface area contributed by atoms with Crippen molar-refractivity contribution >= 4 is 17.3 Å². The number of anilines is 2. The van der Waals surface area contributed by atoms with Crippen molar-refractivity contribution in [1.82, 2.24) is 0 Å². The molecule has 1 aliphatic heterocycles. The summed E-state index contributed by atoms with van der Waals surface area (Å²) in [5, 5.41) is 9.22. The van der Waals surface area contributed by atoms with Gasteiger partial charge in [0.2, 0.25) is 0 Å². The lowest BCUT2D eigenvalue weighted by molar-refractivity contribution is 0.0698. The van der Waals surface area contributed by atoms with Gasteiger partial charge in [0.15, 0.2) is 0 Å². The first kappa shape index (κ1) is 13.7. The number of carboxylic acids is 1. The van der Waals surface area contributed by atoms with Crippen LogP contribution in [0.2, 0.25) is 0 Å². The maximum absolute atomic E-state index is 11.2. The summed E-state index contributed by atoms with van der Waals surface area (Å²) >= 11 is 0. The topological polar surface area (TPSA) is 66.6 Å². The van der Waals surface area contributed by atoms with Crippen LogP contribution in [0.5, 0.6) is 0 Å². The molecule has 0 unspecified atom stereocenters. The number of nitrogen functional groups attached to an aromatic ring is 1. The van der Waals surface area contributed by atoms with Crippen molar-refractivity contribution in [3.8, 4) is 0 Å². The number of hydrogen-bond acceptors (Lipinski definition) is 3. The molecule has 0 radical (unpaired) electrons. The van der Waals surface area contributed by atoms with Gasteiger partial charge in [-0.1, -0.05) is 13.8 Å². The van der Waals surface area contributed by atoms with Gasteiger partial charge in [-0.15, -0.1) is 0 Å². The molecular weight excluding hydrogens is 240 g/mol. The highest BCUT2D eigenvalue weighted by Gasteiger charge is 2.27. The van der Waals surface area contributed by atoms with Crippen molar-refractivity contribution in [1.29, 1.82) is 0 Å². The first-order chi connectivity index (χ1) is 8.80. The normalized spacial score (nSPS) is 18.4. The summed E-state index contributed by atoms with van der Waals surface area (Å²) in [5.74, 6) is -0.960. The van der Waals surface area contributed by atoms with E-state index in [4.69, 9.17) is 5.73 Å². The lowest BCUT2D eigenvalue weighted by Crippen LogP contribution is -2.40. The third kappa shape index (κ3) is 2.83. The highest BCUT2D eigenvalue weighted by atomic mass is 16.4. The van der Waals surface area contributed by atoms with E-state index in [0.717, 1.165) is 30.8 Å². The Hall–Kier alpha value is -1.71. The minimum atomic E-state index is -0.960. The van der Waals surface area contributed by atoms with E-state index < -0.39 is 5.97 Å². The molecule has 1 heterocycles. The van der Waals surface area contributed by atoms with Crippen LogP contribution in [0, 0.1) is 12.3 Å². The third-order valence-electron chi connectivity index (χ3n) is 3.87. The zero-order valence-electron chi connectivity index (χ0n) is 11.9. The second kappa shape index (κ2) is 4.76. The molecule has 1 saturated heterocycles. The van der Waals surface area contributed by atoms with Gasteiger partial charge in [0.25, 0.3) is 0 Å². The molecule has 0 aromatic heterocycles. The molecule has 4 nitrogen and oxygen atoms in total. The lowest BCUT2D eigenvalue weighted by Gasteiger charge is -2.39. The highest BCUT2D eigenvalue weighted by Crippen LogP contribution is 2.33. The Morgan fingerprint density at radius 3 is 2.68 bits per heavy atom. The van der Waals surface area contributed by atoms with Gasteiger partial charge in [0.05, 0.1) is 5.56 Å². The van der Waals surface area contributed by atoms with Crippen LogP contribution in [0.15, 0.2) is 12.1 Å². The molecule has 1 aromatic carbocycles. The van der Waals surface area contributed by atoms with Crippen LogP contribution in [0.4, 0.5) is 11.4 Å². The third-order valence-corrected chi connectivity index (χ3v) is 3.87. The van der Waals surface area contributed by atoms with Crippen LogP contribution in [0.3, 0.4) is 0 Å². The smallest absolute Gasteiger partial charge is 0.337 e. The van der Waals surface area contributed by atoms with Crippen molar-refractivity contribution in [3.05, 3.63) is 23.3 Å². The Morgan fingerprint density at radius 1 is 1.42 bits per heavy atom. The minimum absolute atomic E-state index is 0.207. The summed E-state index contributed by atoms with van der Waals surface area (Å²) in [6.45, 7) is 8.30. The summed E-state index contributed by atoms with van der Waals surface area (Å²) in [7, 11) is 0. The van der Waals surface area contributed by atoms with Crippen LogP contribution in [0.1, 0.15) is 42.6 Å². The minimum Gasteiger partial charge on any atom is -0.478 e. The Labute approximate surface area is 114 Å². The number of hydrogen-bond donors (Lipinski definition) is 2. The fourth-order valence-electron chi connectivity index (χ4n) is 2.78. The first-order valence-corrected chi connectivity index (χ1v) is 6.68. The van der Waals surface area contributed by atoms with Crippen molar-refractivity contribution in [2.75, 3.05) is 23.7 Å². The van der Waals surface area contributed by atoms with Crippen molar-refractivity contribution < 1.29 is 9.90 Å². The fourth-order valence-corrected chi connectivity index (χ4v) is 2.78. The maximum atomic E-state index is 11.2. The van der Waals surface area contributed by atoms with Gasteiger partial charge in [-0.25, -0.2) is 4.79 Å². The van der Waals surface area contributed by atoms with E-state index >= 15 is 0 Å². The molecule has 0 spiro atoms. The summed E-state index contributed by atoms with van der Waals surface area (Å²) in [4.78, 5) is 13.5. The summed E-state index contributed by atoms with van der Waals surface area (Å²) in [5.41, 5.74) is 8.49. The zero-order valence-corrected chi connectivity index (χ0v) is 11.9. The number of piperidine rings is 1. The van der Waals surface area contributed by atoms with Crippen LogP contribution < -0.4 is 10.6 Å². The van der Waals surface area contributed by atoms with Crippen LogP contribution in [0.25, 0.3) is 0 Å². The van der Waals surface area contributed by atoms with E-state index in [1.807, 2.05) is 13.0 Å². The molecule has 4 heteroatoms. The SMILES string of the molecule is Cc1cc(N2CCCC(C)(C)C2)cc(C(=O)O)c1N. The number of benzene rings is 1. The van der Waals surface area contributed by atoms with Crippen molar-refractivity contribution in [2.24, 2.45) is 5.41 Å². The molecule has 1 aliphatic rings. The van der Waals surface area contributed by atoms with Crippen LogP contribution in [-0.2, 0) is 0 Å². The second-order valence-electron chi connectivity index (χ2n) is 6.22. The molecule has 2 rings (SSSR count). The number of carboxylic acid groups (broad SMARTS) is 1. The molecule has 0 bridgehead atoms.